The van der Waals surface area contributed by atoms with Crippen LogP contribution >= 0.6 is 0 Å². The summed E-state index contributed by atoms with van der Waals surface area (Å²) in [6.45, 7) is -0.381. The fourth-order valence-corrected chi connectivity index (χ4v) is 4.27. The van der Waals surface area contributed by atoms with Crippen molar-refractivity contribution in [2.75, 3.05) is 25.0 Å². The second-order valence-electron chi connectivity index (χ2n) is 8.76. The molecule has 4 aromatic rings. The number of alkyl halides is 3. The van der Waals surface area contributed by atoms with E-state index in [4.69, 9.17) is 11.2 Å². The summed E-state index contributed by atoms with van der Waals surface area (Å²) >= 11 is 0. The van der Waals surface area contributed by atoms with Gasteiger partial charge in [0.15, 0.2) is 0 Å². The zero-order valence-corrected chi connectivity index (χ0v) is 19.5. The zero-order valence-electron chi connectivity index (χ0n) is 19.5. The predicted molar refractivity (Wildman–Crippen MR) is 131 cm³/mol. The van der Waals surface area contributed by atoms with Gasteiger partial charge in [-0.25, -0.2) is 9.97 Å². The van der Waals surface area contributed by atoms with Crippen LogP contribution in [-0.2, 0) is 7.05 Å². The highest BCUT2D eigenvalue weighted by Crippen LogP contribution is 2.32. The monoisotopic (exact) mass is 492 g/mol. The molecule has 1 saturated heterocycles. The number of likely N-dealkylation sites (tertiary alicyclic amines) is 1. The Kier molecular flexibility index (Phi) is 6.24. The lowest BCUT2D eigenvalue weighted by Gasteiger charge is -2.19. The number of nitrogens with zero attached hydrogens (tertiary/aromatic N) is 5. The quantitative estimate of drug-likeness (QED) is 0.391. The molecule has 2 aromatic carbocycles. The highest BCUT2D eigenvalue weighted by molar-refractivity contribution is 5.81. The standard InChI is InChI=1S/C26H23F3N6O/c1-3-17-4-5-24-19(8-17)12-30-25(33-24)32-21-9-18(20-13-31-34(2)14-20)10-23(11-21)36-22-6-7-35(15-22)16-26(27,28)29/h1,4-5,8-14,22H,6-7,15-16H2,2H3,(H,30,32,33). The first kappa shape index (κ1) is 23.6. The van der Waals surface area contributed by atoms with Crippen LogP contribution in [0.1, 0.15) is 12.0 Å². The minimum absolute atomic E-state index is 0.215. The van der Waals surface area contributed by atoms with Crippen LogP contribution in [0, 0.1) is 12.3 Å². The van der Waals surface area contributed by atoms with Crippen molar-refractivity contribution >= 4 is 22.5 Å². The van der Waals surface area contributed by atoms with Crippen LogP contribution in [-0.4, -0.2) is 56.6 Å². The summed E-state index contributed by atoms with van der Waals surface area (Å²) in [5.41, 5.74) is 3.88. The molecule has 36 heavy (non-hydrogen) atoms. The minimum Gasteiger partial charge on any atom is -0.489 e. The van der Waals surface area contributed by atoms with E-state index in [1.807, 2.05) is 43.6 Å². The van der Waals surface area contributed by atoms with Crippen LogP contribution < -0.4 is 10.1 Å². The summed E-state index contributed by atoms with van der Waals surface area (Å²) in [4.78, 5) is 10.3. The van der Waals surface area contributed by atoms with Gasteiger partial charge < -0.3 is 10.1 Å². The van der Waals surface area contributed by atoms with Crippen molar-refractivity contribution in [2.45, 2.75) is 18.7 Å². The summed E-state index contributed by atoms with van der Waals surface area (Å²) < 4.78 is 46.2. The number of terminal acetylenes is 1. The minimum atomic E-state index is -4.23. The molecule has 1 N–H and O–H groups in total. The number of aromatic nitrogens is 4. The summed E-state index contributed by atoms with van der Waals surface area (Å²) in [7, 11) is 1.82. The van der Waals surface area contributed by atoms with Gasteiger partial charge in [0.25, 0.3) is 0 Å². The Balaban J connectivity index is 1.40. The lowest BCUT2D eigenvalue weighted by molar-refractivity contribution is -0.144. The SMILES string of the molecule is C#Cc1ccc2nc(Nc3cc(OC4CCN(CC(F)(F)F)C4)cc(-c4cnn(C)c4)c3)ncc2c1. The molecule has 0 saturated carbocycles. The van der Waals surface area contributed by atoms with Crippen molar-refractivity contribution < 1.29 is 17.9 Å². The first-order valence-corrected chi connectivity index (χ1v) is 11.3. The zero-order chi connectivity index (χ0) is 25.3. The first-order chi connectivity index (χ1) is 17.2. The Bertz CT molecular complexity index is 1440. The number of halogens is 3. The van der Waals surface area contributed by atoms with Crippen LogP contribution in [0.2, 0.25) is 0 Å². The predicted octanol–water partition coefficient (Wildman–Crippen LogP) is 4.77. The lowest BCUT2D eigenvalue weighted by Crippen LogP contribution is -2.33. The van der Waals surface area contributed by atoms with Gasteiger partial charge in [0, 0.05) is 60.8 Å². The largest absolute Gasteiger partial charge is 0.489 e. The van der Waals surface area contributed by atoms with Crippen LogP contribution in [0.25, 0.3) is 22.0 Å². The third kappa shape index (κ3) is 5.58. The highest BCUT2D eigenvalue weighted by atomic mass is 19.4. The molecule has 1 atom stereocenters. The summed E-state index contributed by atoms with van der Waals surface area (Å²) in [5, 5.41) is 8.28. The fraction of sp³-hybridized carbons (Fsp3) is 0.269. The first-order valence-electron chi connectivity index (χ1n) is 11.3. The molecule has 1 fully saturated rings. The van der Waals surface area contributed by atoms with Gasteiger partial charge in [-0.3, -0.25) is 9.58 Å². The van der Waals surface area contributed by atoms with Crippen LogP contribution in [0.3, 0.4) is 0 Å². The number of ether oxygens (including phenoxy) is 1. The van der Waals surface area contributed by atoms with Crippen molar-refractivity contribution in [3.8, 4) is 29.2 Å². The molecule has 184 valence electrons. The molecule has 1 aliphatic rings. The average molecular weight is 493 g/mol. The molecule has 0 spiro atoms. The maximum Gasteiger partial charge on any atom is 0.401 e. The second-order valence-corrected chi connectivity index (χ2v) is 8.76. The number of hydrogen-bond donors (Lipinski definition) is 1. The van der Waals surface area contributed by atoms with E-state index in [1.54, 1.807) is 23.1 Å². The average Bonchev–Trinajstić information content (AvgIpc) is 3.46. The Morgan fingerprint density at radius 2 is 2.03 bits per heavy atom. The number of rotatable bonds is 6. The van der Waals surface area contributed by atoms with Gasteiger partial charge in [-0.05, 0) is 42.3 Å². The number of aryl methyl sites for hydroxylation is 1. The van der Waals surface area contributed by atoms with Gasteiger partial charge >= 0.3 is 6.18 Å². The maximum absolute atomic E-state index is 12.8. The number of benzene rings is 2. The van der Waals surface area contributed by atoms with E-state index in [0.29, 0.717) is 30.4 Å². The number of fused-ring (bicyclic) bond motifs is 1. The van der Waals surface area contributed by atoms with Gasteiger partial charge in [-0.1, -0.05) is 5.92 Å². The molecule has 10 heteroatoms. The van der Waals surface area contributed by atoms with Crippen molar-refractivity contribution in [1.82, 2.24) is 24.6 Å². The molecule has 7 nitrogen and oxygen atoms in total. The van der Waals surface area contributed by atoms with E-state index >= 15 is 0 Å². The molecular formula is C26H23F3N6O. The van der Waals surface area contributed by atoms with Crippen LogP contribution in [0.5, 0.6) is 5.75 Å². The molecule has 1 unspecified atom stereocenters. The number of nitrogens with one attached hydrogen (secondary N) is 1. The van der Waals surface area contributed by atoms with Crippen LogP contribution in [0.15, 0.2) is 55.0 Å². The Morgan fingerprint density at radius 3 is 2.78 bits per heavy atom. The Labute approximate surface area is 205 Å². The Morgan fingerprint density at radius 1 is 1.17 bits per heavy atom. The van der Waals surface area contributed by atoms with E-state index < -0.39 is 12.7 Å². The van der Waals surface area contributed by atoms with E-state index in [9.17, 15) is 13.2 Å². The number of anilines is 2. The van der Waals surface area contributed by atoms with E-state index in [2.05, 4.69) is 26.3 Å². The fourth-order valence-electron chi connectivity index (χ4n) is 4.27. The van der Waals surface area contributed by atoms with Gasteiger partial charge in [-0.2, -0.15) is 18.3 Å². The third-order valence-electron chi connectivity index (χ3n) is 5.88. The maximum atomic E-state index is 12.8. The smallest absolute Gasteiger partial charge is 0.401 e. The molecule has 0 amide bonds. The molecule has 1 aliphatic heterocycles. The van der Waals surface area contributed by atoms with Gasteiger partial charge in [0.2, 0.25) is 5.95 Å². The van der Waals surface area contributed by atoms with Gasteiger partial charge in [-0.15, -0.1) is 6.42 Å². The van der Waals surface area contributed by atoms with Crippen molar-refractivity contribution in [3.63, 3.8) is 0 Å². The summed E-state index contributed by atoms with van der Waals surface area (Å²) in [5.74, 6) is 3.53. The lowest BCUT2D eigenvalue weighted by atomic mass is 10.1. The molecule has 0 bridgehead atoms. The molecule has 0 aliphatic carbocycles. The third-order valence-corrected chi connectivity index (χ3v) is 5.88. The summed E-state index contributed by atoms with van der Waals surface area (Å²) in [6, 6.07) is 11.1. The number of hydrogen-bond acceptors (Lipinski definition) is 6. The summed E-state index contributed by atoms with van der Waals surface area (Å²) in [6.07, 6.45) is 6.72. The van der Waals surface area contributed by atoms with Gasteiger partial charge in [0.05, 0.1) is 18.3 Å². The second kappa shape index (κ2) is 9.51. The van der Waals surface area contributed by atoms with Crippen molar-refractivity contribution in [3.05, 3.63) is 60.6 Å². The molecule has 5 rings (SSSR count). The highest BCUT2D eigenvalue weighted by Gasteiger charge is 2.35. The molecule has 2 aromatic heterocycles. The van der Waals surface area contributed by atoms with Crippen LogP contribution in [0.4, 0.5) is 24.8 Å². The normalized spacial score (nSPS) is 16.2. The van der Waals surface area contributed by atoms with Gasteiger partial charge in [0.1, 0.15) is 11.9 Å². The van der Waals surface area contributed by atoms with E-state index in [-0.39, 0.29) is 12.6 Å². The Hall–Kier alpha value is -4.10. The molecular weight excluding hydrogens is 469 g/mol. The van der Waals surface area contributed by atoms with E-state index in [1.165, 1.54) is 4.90 Å². The van der Waals surface area contributed by atoms with E-state index in [0.717, 1.165) is 27.6 Å². The molecule has 0 radical (unpaired) electrons. The van der Waals surface area contributed by atoms with Crippen molar-refractivity contribution in [2.24, 2.45) is 7.05 Å². The van der Waals surface area contributed by atoms with Crippen molar-refractivity contribution in [1.29, 1.82) is 0 Å². The topological polar surface area (TPSA) is 68.1 Å². The molecule has 3 heterocycles.